The molecule has 0 saturated heterocycles. The maximum Gasteiger partial charge on any atom is 0.136 e. The van der Waals surface area contributed by atoms with Crippen LogP contribution in [0.4, 0.5) is 0 Å². The van der Waals surface area contributed by atoms with Crippen LogP contribution in [0.3, 0.4) is 0 Å². The summed E-state index contributed by atoms with van der Waals surface area (Å²) >= 11 is 0. The number of benzene rings is 1. The smallest absolute Gasteiger partial charge is 0.136 e. The Bertz CT molecular complexity index is 500. The van der Waals surface area contributed by atoms with Crippen molar-refractivity contribution >= 4 is 5.78 Å². The summed E-state index contributed by atoms with van der Waals surface area (Å²) in [6, 6.07) is 10.6. The molecule has 3 atom stereocenters. The molecule has 1 heteroatoms. The number of carbonyl (C=O) groups is 1. The predicted molar refractivity (Wildman–Crippen MR) is 98.5 cm³/mol. The van der Waals surface area contributed by atoms with Gasteiger partial charge in [-0.15, -0.1) is 0 Å². The zero-order chi connectivity index (χ0) is 17.0. The van der Waals surface area contributed by atoms with Crippen molar-refractivity contribution in [3.05, 3.63) is 35.9 Å². The lowest BCUT2D eigenvalue weighted by Gasteiger charge is -2.42. The fourth-order valence-corrected chi connectivity index (χ4v) is 4.25. The summed E-state index contributed by atoms with van der Waals surface area (Å²) in [5, 5.41) is 0. The Morgan fingerprint density at radius 3 is 2.43 bits per heavy atom. The molecule has 1 aliphatic rings. The van der Waals surface area contributed by atoms with Gasteiger partial charge in [0.25, 0.3) is 0 Å². The van der Waals surface area contributed by atoms with Gasteiger partial charge in [-0.2, -0.15) is 0 Å². The first kappa shape index (κ1) is 18.2. The summed E-state index contributed by atoms with van der Waals surface area (Å²) in [6.45, 7) is 11.5. The standard InChI is InChI=1S/C22H34O/c1-16(2)19-13-14-22(4,5)15-20(19)21(23)12-11-17(3)18-9-7-6-8-10-18/h6-10,16-17,19-20H,11-15H2,1-5H3/t17-,19-,20?/m1/s1. The summed E-state index contributed by atoms with van der Waals surface area (Å²) in [6.07, 6.45) is 5.27. The molecule has 128 valence electrons. The van der Waals surface area contributed by atoms with Crippen molar-refractivity contribution in [3.63, 3.8) is 0 Å². The van der Waals surface area contributed by atoms with E-state index in [2.05, 4.69) is 65.0 Å². The molecule has 1 fully saturated rings. The number of hydrogen-bond acceptors (Lipinski definition) is 1. The number of Topliss-reactive ketones (excluding diaryl/α,β-unsaturated/α-hetero) is 1. The minimum atomic E-state index is 0.279. The van der Waals surface area contributed by atoms with Gasteiger partial charge in [0.1, 0.15) is 5.78 Å². The highest BCUT2D eigenvalue weighted by Gasteiger charge is 2.39. The molecule has 1 saturated carbocycles. The maximum atomic E-state index is 12.9. The van der Waals surface area contributed by atoms with Crippen LogP contribution >= 0.6 is 0 Å². The summed E-state index contributed by atoms with van der Waals surface area (Å²) in [7, 11) is 0. The van der Waals surface area contributed by atoms with E-state index in [9.17, 15) is 4.79 Å². The second kappa shape index (κ2) is 7.64. The van der Waals surface area contributed by atoms with Gasteiger partial charge in [-0.05, 0) is 54.4 Å². The third-order valence-electron chi connectivity index (χ3n) is 5.91. The van der Waals surface area contributed by atoms with E-state index >= 15 is 0 Å². The van der Waals surface area contributed by atoms with Crippen molar-refractivity contribution in [2.75, 3.05) is 0 Å². The van der Waals surface area contributed by atoms with E-state index in [4.69, 9.17) is 0 Å². The fraction of sp³-hybridized carbons (Fsp3) is 0.682. The molecule has 0 bridgehead atoms. The Labute approximate surface area is 142 Å². The lowest BCUT2D eigenvalue weighted by molar-refractivity contribution is -0.128. The van der Waals surface area contributed by atoms with Gasteiger partial charge in [-0.25, -0.2) is 0 Å². The SMILES string of the molecule is CC(C)[C@H]1CCC(C)(C)CC1C(=O)CC[C@@H](C)c1ccccc1. The summed E-state index contributed by atoms with van der Waals surface area (Å²) in [5.41, 5.74) is 1.68. The van der Waals surface area contributed by atoms with Gasteiger partial charge in [-0.1, -0.05) is 65.0 Å². The van der Waals surface area contributed by atoms with Gasteiger partial charge < -0.3 is 0 Å². The molecule has 2 rings (SSSR count). The van der Waals surface area contributed by atoms with Gasteiger partial charge in [0.15, 0.2) is 0 Å². The first-order chi connectivity index (χ1) is 10.8. The Balaban J connectivity index is 1.97. The van der Waals surface area contributed by atoms with E-state index in [1.165, 1.54) is 18.4 Å². The topological polar surface area (TPSA) is 17.1 Å². The molecule has 1 aromatic rings. The summed E-state index contributed by atoms with van der Waals surface area (Å²) in [5.74, 6) is 2.46. The van der Waals surface area contributed by atoms with Crippen LogP contribution in [0.2, 0.25) is 0 Å². The van der Waals surface area contributed by atoms with Crippen LogP contribution < -0.4 is 0 Å². The lowest BCUT2D eigenvalue weighted by atomic mass is 9.62. The summed E-state index contributed by atoms with van der Waals surface area (Å²) < 4.78 is 0. The van der Waals surface area contributed by atoms with E-state index in [-0.39, 0.29) is 5.92 Å². The highest BCUT2D eigenvalue weighted by molar-refractivity contribution is 5.81. The molecule has 0 N–H and O–H groups in total. The van der Waals surface area contributed by atoms with Crippen LogP contribution in [0.5, 0.6) is 0 Å². The Hall–Kier alpha value is -1.11. The molecule has 0 aliphatic heterocycles. The fourth-order valence-electron chi connectivity index (χ4n) is 4.25. The maximum absolute atomic E-state index is 12.9. The van der Waals surface area contributed by atoms with Gasteiger partial charge in [0, 0.05) is 12.3 Å². The minimum Gasteiger partial charge on any atom is -0.299 e. The zero-order valence-corrected chi connectivity index (χ0v) is 15.6. The number of carbonyl (C=O) groups excluding carboxylic acids is 1. The van der Waals surface area contributed by atoms with Gasteiger partial charge in [0.2, 0.25) is 0 Å². The normalized spacial score (nSPS) is 25.3. The van der Waals surface area contributed by atoms with Crippen molar-refractivity contribution in [2.24, 2.45) is 23.2 Å². The second-order valence-electron chi connectivity index (χ2n) is 8.74. The Morgan fingerprint density at radius 2 is 1.83 bits per heavy atom. The quantitative estimate of drug-likeness (QED) is 0.607. The molecule has 1 aromatic carbocycles. The largest absolute Gasteiger partial charge is 0.299 e. The van der Waals surface area contributed by atoms with Gasteiger partial charge in [0.05, 0.1) is 0 Å². The Kier molecular flexibility index (Phi) is 6.06. The van der Waals surface area contributed by atoms with Gasteiger partial charge >= 0.3 is 0 Å². The molecule has 1 aliphatic carbocycles. The zero-order valence-electron chi connectivity index (χ0n) is 15.6. The molecular weight excluding hydrogens is 280 g/mol. The second-order valence-corrected chi connectivity index (χ2v) is 8.74. The molecule has 0 radical (unpaired) electrons. The van der Waals surface area contributed by atoms with Crippen LogP contribution in [0.1, 0.15) is 78.2 Å². The van der Waals surface area contributed by atoms with Crippen molar-refractivity contribution < 1.29 is 4.79 Å². The molecule has 0 aromatic heterocycles. The highest BCUT2D eigenvalue weighted by Crippen LogP contribution is 2.45. The van der Waals surface area contributed by atoms with E-state index in [0.717, 1.165) is 19.3 Å². The Morgan fingerprint density at radius 1 is 1.17 bits per heavy atom. The van der Waals surface area contributed by atoms with Crippen molar-refractivity contribution in [1.29, 1.82) is 0 Å². The first-order valence-corrected chi connectivity index (χ1v) is 9.38. The molecular formula is C22H34O. The molecule has 1 unspecified atom stereocenters. The highest BCUT2D eigenvalue weighted by atomic mass is 16.1. The molecule has 0 amide bonds. The number of rotatable bonds is 6. The van der Waals surface area contributed by atoms with Crippen LogP contribution in [0.25, 0.3) is 0 Å². The third kappa shape index (κ3) is 4.93. The predicted octanol–water partition coefficient (Wildman–Crippen LogP) is 6.24. The monoisotopic (exact) mass is 314 g/mol. The van der Waals surface area contributed by atoms with Crippen molar-refractivity contribution in [1.82, 2.24) is 0 Å². The molecule has 1 nitrogen and oxygen atoms in total. The van der Waals surface area contributed by atoms with Gasteiger partial charge in [-0.3, -0.25) is 4.79 Å². The number of ketones is 1. The lowest BCUT2D eigenvalue weighted by Crippen LogP contribution is -2.37. The van der Waals surface area contributed by atoms with Crippen molar-refractivity contribution in [2.45, 2.75) is 72.6 Å². The molecule has 23 heavy (non-hydrogen) atoms. The average Bonchev–Trinajstić information content (AvgIpc) is 2.51. The average molecular weight is 315 g/mol. The van der Waals surface area contributed by atoms with Crippen LogP contribution in [-0.2, 0) is 4.79 Å². The van der Waals surface area contributed by atoms with Crippen molar-refractivity contribution in [3.8, 4) is 0 Å². The minimum absolute atomic E-state index is 0.279. The van der Waals surface area contributed by atoms with E-state index in [0.29, 0.717) is 29.0 Å². The van der Waals surface area contributed by atoms with E-state index in [1.54, 1.807) is 0 Å². The molecule has 0 heterocycles. The third-order valence-corrected chi connectivity index (χ3v) is 5.91. The summed E-state index contributed by atoms with van der Waals surface area (Å²) in [4.78, 5) is 12.9. The van der Waals surface area contributed by atoms with E-state index < -0.39 is 0 Å². The van der Waals surface area contributed by atoms with Crippen LogP contribution in [0.15, 0.2) is 30.3 Å². The van der Waals surface area contributed by atoms with E-state index in [1.807, 2.05) is 0 Å². The molecule has 0 spiro atoms. The number of hydrogen-bond donors (Lipinski definition) is 0. The van der Waals surface area contributed by atoms with Crippen LogP contribution in [0, 0.1) is 23.2 Å². The van der Waals surface area contributed by atoms with Crippen LogP contribution in [-0.4, -0.2) is 5.78 Å². The first-order valence-electron chi connectivity index (χ1n) is 9.38.